The van der Waals surface area contributed by atoms with Crippen molar-refractivity contribution in [1.82, 2.24) is 10.2 Å². The molecule has 158 valence electrons. The molecule has 0 aliphatic rings. The SMILES string of the molecule is Cc1cc(N(C(N)=O)c2cc(CN)ccc2F)cc(C)c1-c1cccc2[nH]nc(N)c12. The molecule has 8 heteroatoms. The second kappa shape index (κ2) is 7.73. The van der Waals surface area contributed by atoms with Gasteiger partial charge in [0.1, 0.15) is 5.82 Å². The normalized spacial score (nSPS) is 11.1. The molecule has 31 heavy (non-hydrogen) atoms. The number of amides is 2. The van der Waals surface area contributed by atoms with Crippen LogP contribution in [0.5, 0.6) is 0 Å². The highest BCUT2D eigenvalue weighted by atomic mass is 19.1. The molecule has 7 nitrogen and oxygen atoms in total. The largest absolute Gasteiger partial charge is 0.382 e. The maximum atomic E-state index is 14.6. The minimum atomic E-state index is -0.791. The summed E-state index contributed by atoms with van der Waals surface area (Å²) in [6.45, 7) is 4.06. The number of H-pyrrole nitrogens is 1. The Morgan fingerprint density at radius 2 is 1.84 bits per heavy atom. The van der Waals surface area contributed by atoms with Crippen LogP contribution in [0.2, 0.25) is 0 Å². The van der Waals surface area contributed by atoms with E-state index in [2.05, 4.69) is 10.2 Å². The Morgan fingerprint density at radius 3 is 2.48 bits per heavy atom. The molecular weight excluding hydrogens is 395 g/mol. The number of nitrogens with zero attached hydrogens (tertiary/aromatic N) is 2. The van der Waals surface area contributed by atoms with E-state index in [1.54, 1.807) is 18.2 Å². The first-order valence-electron chi connectivity index (χ1n) is 9.74. The van der Waals surface area contributed by atoms with E-state index in [-0.39, 0.29) is 12.2 Å². The zero-order chi connectivity index (χ0) is 22.3. The number of carbonyl (C=O) groups excluding carboxylic acids is 1. The lowest BCUT2D eigenvalue weighted by molar-refractivity contribution is 0.256. The number of anilines is 3. The summed E-state index contributed by atoms with van der Waals surface area (Å²) in [6, 6.07) is 13.0. The summed E-state index contributed by atoms with van der Waals surface area (Å²) in [4.78, 5) is 13.5. The molecule has 0 bridgehead atoms. The minimum absolute atomic E-state index is 0.0585. The fourth-order valence-electron chi connectivity index (χ4n) is 4.04. The predicted octanol–water partition coefficient (Wildman–Crippen LogP) is 4.24. The van der Waals surface area contributed by atoms with Gasteiger partial charge in [0.15, 0.2) is 5.82 Å². The minimum Gasteiger partial charge on any atom is -0.382 e. The van der Waals surface area contributed by atoms with Crippen LogP contribution < -0.4 is 22.1 Å². The van der Waals surface area contributed by atoms with Crippen LogP contribution in [0, 0.1) is 19.7 Å². The van der Waals surface area contributed by atoms with Crippen molar-refractivity contribution in [2.45, 2.75) is 20.4 Å². The summed E-state index contributed by atoms with van der Waals surface area (Å²) in [5.41, 5.74) is 23.1. The molecule has 0 saturated heterocycles. The number of benzene rings is 3. The van der Waals surface area contributed by atoms with Crippen molar-refractivity contribution in [3.05, 3.63) is 71.0 Å². The number of aromatic nitrogens is 2. The summed E-state index contributed by atoms with van der Waals surface area (Å²) >= 11 is 0. The number of nitrogens with one attached hydrogen (secondary N) is 1. The van der Waals surface area contributed by atoms with Gasteiger partial charge in [0.05, 0.1) is 22.3 Å². The van der Waals surface area contributed by atoms with Crippen molar-refractivity contribution in [3.8, 4) is 11.1 Å². The first kappa shape index (κ1) is 20.4. The molecule has 2 amide bonds. The summed E-state index contributed by atoms with van der Waals surface area (Å²) in [7, 11) is 0. The maximum Gasteiger partial charge on any atom is 0.323 e. The average Bonchev–Trinajstić information content (AvgIpc) is 3.10. The summed E-state index contributed by atoms with van der Waals surface area (Å²) in [5, 5.41) is 7.86. The second-order valence-corrected chi connectivity index (χ2v) is 7.46. The van der Waals surface area contributed by atoms with Gasteiger partial charge in [-0.3, -0.25) is 10.00 Å². The highest BCUT2D eigenvalue weighted by molar-refractivity contribution is 6.04. The molecule has 4 rings (SSSR count). The summed E-state index contributed by atoms with van der Waals surface area (Å²) in [5.74, 6) is -0.153. The van der Waals surface area contributed by atoms with E-state index in [9.17, 15) is 9.18 Å². The van der Waals surface area contributed by atoms with Gasteiger partial charge in [-0.1, -0.05) is 18.2 Å². The van der Waals surface area contributed by atoms with Crippen LogP contribution in [0.3, 0.4) is 0 Å². The van der Waals surface area contributed by atoms with Gasteiger partial charge < -0.3 is 17.2 Å². The van der Waals surface area contributed by atoms with Crippen LogP contribution in [0.15, 0.2) is 48.5 Å². The molecule has 1 aromatic heterocycles. The fourth-order valence-corrected chi connectivity index (χ4v) is 4.04. The van der Waals surface area contributed by atoms with Gasteiger partial charge in [0.2, 0.25) is 0 Å². The number of aryl methyl sites for hydroxylation is 2. The number of carbonyl (C=O) groups is 1. The van der Waals surface area contributed by atoms with Crippen molar-refractivity contribution >= 4 is 34.1 Å². The lowest BCUT2D eigenvalue weighted by Gasteiger charge is -2.24. The highest BCUT2D eigenvalue weighted by Crippen LogP contribution is 2.39. The van der Waals surface area contributed by atoms with E-state index < -0.39 is 11.8 Å². The number of hydrogen-bond acceptors (Lipinski definition) is 4. The maximum absolute atomic E-state index is 14.6. The summed E-state index contributed by atoms with van der Waals surface area (Å²) in [6.07, 6.45) is 0. The number of halogens is 1. The third-order valence-electron chi connectivity index (χ3n) is 5.37. The van der Waals surface area contributed by atoms with Crippen LogP contribution in [-0.2, 0) is 6.54 Å². The number of hydrogen-bond donors (Lipinski definition) is 4. The van der Waals surface area contributed by atoms with Crippen LogP contribution in [-0.4, -0.2) is 16.2 Å². The van der Waals surface area contributed by atoms with Crippen LogP contribution in [0.4, 0.5) is 26.4 Å². The van der Waals surface area contributed by atoms with E-state index in [1.165, 1.54) is 12.1 Å². The molecule has 3 aromatic carbocycles. The molecule has 7 N–H and O–H groups in total. The number of rotatable bonds is 4. The monoisotopic (exact) mass is 418 g/mol. The third kappa shape index (κ3) is 3.47. The zero-order valence-corrected chi connectivity index (χ0v) is 17.2. The Kier molecular flexibility index (Phi) is 5.08. The van der Waals surface area contributed by atoms with E-state index in [1.807, 2.05) is 32.0 Å². The van der Waals surface area contributed by atoms with Gasteiger partial charge in [-0.25, -0.2) is 9.18 Å². The van der Waals surface area contributed by atoms with Gasteiger partial charge >= 0.3 is 6.03 Å². The molecule has 0 aliphatic carbocycles. The number of primary amides is 1. The average molecular weight is 418 g/mol. The molecule has 4 aromatic rings. The molecule has 0 saturated carbocycles. The van der Waals surface area contributed by atoms with E-state index in [4.69, 9.17) is 17.2 Å². The highest BCUT2D eigenvalue weighted by Gasteiger charge is 2.22. The first-order valence-corrected chi connectivity index (χ1v) is 9.74. The summed E-state index contributed by atoms with van der Waals surface area (Å²) < 4.78 is 14.6. The number of nitrogen functional groups attached to an aromatic ring is 1. The van der Waals surface area contributed by atoms with Crippen molar-refractivity contribution in [2.75, 3.05) is 10.6 Å². The number of urea groups is 1. The lowest BCUT2D eigenvalue weighted by Crippen LogP contribution is -2.32. The molecule has 0 radical (unpaired) electrons. The Labute approximate surface area is 178 Å². The van der Waals surface area contributed by atoms with Crippen LogP contribution >= 0.6 is 0 Å². The Balaban J connectivity index is 1.90. The lowest BCUT2D eigenvalue weighted by atomic mass is 9.92. The zero-order valence-electron chi connectivity index (χ0n) is 17.2. The van der Waals surface area contributed by atoms with Crippen molar-refractivity contribution in [2.24, 2.45) is 11.5 Å². The molecule has 0 fully saturated rings. The van der Waals surface area contributed by atoms with Crippen molar-refractivity contribution in [3.63, 3.8) is 0 Å². The smallest absolute Gasteiger partial charge is 0.323 e. The molecule has 0 aliphatic heterocycles. The molecule has 1 heterocycles. The van der Waals surface area contributed by atoms with Crippen LogP contribution in [0.25, 0.3) is 22.0 Å². The molecular formula is C23H23FN6O. The van der Waals surface area contributed by atoms with Gasteiger partial charge in [0.25, 0.3) is 0 Å². The number of nitrogens with two attached hydrogens (primary N) is 3. The quantitative estimate of drug-likeness (QED) is 0.395. The topological polar surface area (TPSA) is 127 Å². The van der Waals surface area contributed by atoms with Crippen molar-refractivity contribution < 1.29 is 9.18 Å². The van der Waals surface area contributed by atoms with Crippen LogP contribution in [0.1, 0.15) is 16.7 Å². The number of fused-ring (bicyclic) bond motifs is 1. The third-order valence-corrected chi connectivity index (χ3v) is 5.37. The molecule has 0 unspecified atom stereocenters. The van der Waals surface area contributed by atoms with Crippen molar-refractivity contribution in [1.29, 1.82) is 0 Å². The van der Waals surface area contributed by atoms with Gasteiger partial charge in [-0.05, 0) is 72.0 Å². The fraction of sp³-hybridized carbons (Fsp3) is 0.130. The Morgan fingerprint density at radius 1 is 1.13 bits per heavy atom. The van der Waals surface area contributed by atoms with E-state index in [0.29, 0.717) is 17.1 Å². The van der Waals surface area contributed by atoms with Gasteiger partial charge in [-0.15, -0.1) is 0 Å². The van der Waals surface area contributed by atoms with Gasteiger partial charge in [0, 0.05) is 6.54 Å². The van der Waals surface area contributed by atoms with Gasteiger partial charge in [-0.2, -0.15) is 5.10 Å². The standard InChI is InChI=1S/C23H23FN6O/c1-12-8-15(30(23(27)31)19-10-14(11-25)6-7-17(19)24)9-13(2)20(12)16-4-3-5-18-21(16)22(26)29-28-18/h3-10H,11,25H2,1-2H3,(H2,27,31)(H3,26,28,29). The Hall–Kier alpha value is -3.91. The molecule has 0 atom stereocenters. The Bertz CT molecular complexity index is 1290. The predicted molar refractivity (Wildman–Crippen MR) is 121 cm³/mol. The second-order valence-electron chi connectivity index (χ2n) is 7.46. The van der Waals surface area contributed by atoms with E-state index in [0.717, 1.165) is 38.1 Å². The number of aromatic amines is 1. The molecule has 0 spiro atoms. The van der Waals surface area contributed by atoms with E-state index >= 15 is 0 Å². The first-order chi connectivity index (χ1) is 14.8.